The van der Waals surface area contributed by atoms with Gasteiger partial charge in [0.2, 0.25) is 0 Å². The number of anilines is 2. The van der Waals surface area contributed by atoms with E-state index in [-0.39, 0.29) is 0 Å². The number of carbonyl (C=O) groups is 1. The maximum atomic E-state index is 13.0. The molecule has 2 amide bonds. The highest BCUT2D eigenvalue weighted by Crippen LogP contribution is 2.28. The van der Waals surface area contributed by atoms with Gasteiger partial charge in [-0.1, -0.05) is 0 Å². The third-order valence-electron chi connectivity index (χ3n) is 2.56. The molecule has 20 heavy (non-hydrogen) atoms. The number of nitrogens with zero attached hydrogens (tertiary/aromatic N) is 2. The predicted molar refractivity (Wildman–Crippen MR) is 76.5 cm³/mol. The Hall–Kier alpha value is -2.54. The quantitative estimate of drug-likeness (QED) is 0.758. The van der Waals surface area contributed by atoms with E-state index in [4.69, 9.17) is 0 Å². The third kappa shape index (κ3) is 2.57. The minimum atomic E-state index is -0.506. The number of fused-ring (bicyclic) bond motifs is 1. The van der Waals surface area contributed by atoms with Crippen molar-refractivity contribution in [1.82, 2.24) is 9.97 Å². The average molecular weight is 288 g/mol. The van der Waals surface area contributed by atoms with Gasteiger partial charge in [0, 0.05) is 23.0 Å². The van der Waals surface area contributed by atoms with Crippen molar-refractivity contribution < 1.29 is 9.18 Å². The van der Waals surface area contributed by atoms with Crippen LogP contribution in [-0.4, -0.2) is 16.0 Å². The van der Waals surface area contributed by atoms with Gasteiger partial charge in [-0.3, -0.25) is 4.98 Å². The first kappa shape index (κ1) is 12.5. The number of nitrogens with one attached hydrogen (secondary N) is 2. The number of pyridine rings is 2. The molecule has 3 aromatic heterocycles. The normalized spacial score (nSPS) is 10.4. The standard InChI is InChI=1S/C13H9FN4OS/c14-8-4-9(6-15-5-8)17-13(19)18-11-7-20-12-10(11)2-1-3-16-12/h1-7H,(H2,17,18,19). The number of hydrogen-bond donors (Lipinski definition) is 2. The molecule has 5 nitrogen and oxygen atoms in total. The fraction of sp³-hybridized carbons (Fsp3) is 0. The van der Waals surface area contributed by atoms with Crippen LogP contribution in [0.1, 0.15) is 0 Å². The first-order valence-electron chi connectivity index (χ1n) is 5.73. The number of thiophene rings is 1. The van der Waals surface area contributed by atoms with Gasteiger partial charge in [0.25, 0.3) is 0 Å². The lowest BCUT2D eigenvalue weighted by molar-refractivity contribution is 0.262. The van der Waals surface area contributed by atoms with Gasteiger partial charge in [-0.05, 0) is 12.1 Å². The fourth-order valence-corrected chi connectivity index (χ4v) is 2.57. The SMILES string of the molecule is O=C(Nc1cncc(F)c1)Nc1csc2ncccc12. The van der Waals surface area contributed by atoms with E-state index >= 15 is 0 Å². The lowest BCUT2D eigenvalue weighted by Gasteiger charge is -2.06. The van der Waals surface area contributed by atoms with Crippen LogP contribution < -0.4 is 10.6 Å². The highest BCUT2D eigenvalue weighted by Gasteiger charge is 2.08. The second-order valence-electron chi connectivity index (χ2n) is 3.98. The Balaban J connectivity index is 1.76. The number of hydrogen-bond acceptors (Lipinski definition) is 4. The minimum absolute atomic E-state index is 0.292. The molecule has 0 atom stereocenters. The molecule has 0 aliphatic heterocycles. The smallest absolute Gasteiger partial charge is 0.306 e. The number of halogens is 1. The summed E-state index contributed by atoms with van der Waals surface area (Å²) in [4.78, 5) is 20.5. The summed E-state index contributed by atoms with van der Waals surface area (Å²) in [5.41, 5.74) is 0.958. The van der Waals surface area contributed by atoms with Crippen molar-refractivity contribution in [2.75, 3.05) is 10.6 Å². The van der Waals surface area contributed by atoms with Crippen molar-refractivity contribution in [3.8, 4) is 0 Å². The number of rotatable bonds is 2. The van der Waals surface area contributed by atoms with Crippen molar-refractivity contribution in [3.05, 3.63) is 48.0 Å². The first-order chi connectivity index (χ1) is 9.72. The molecule has 2 N–H and O–H groups in total. The summed E-state index contributed by atoms with van der Waals surface area (Å²) in [6.45, 7) is 0. The van der Waals surface area contributed by atoms with Crippen LogP contribution in [0.25, 0.3) is 10.2 Å². The second kappa shape index (κ2) is 5.22. The van der Waals surface area contributed by atoms with E-state index < -0.39 is 11.8 Å². The fourth-order valence-electron chi connectivity index (χ4n) is 1.73. The van der Waals surface area contributed by atoms with E-state index in [0.29, 0.717) is 11.4 Å². The summed E-state index contributed by atoms with van der Waals surface area (Å²) < 4.78 is 13.0. The molecule has 0 unspecified atom stereocenters. The van der Waals surface area contributed by atoms with Crippen molar-refractivity contribution >= 4 is 39.0 Å². The maximum Gasteiger partial charge on any atom is 0.323 e. The molecule has 0 fully saturated rings. The van der Waals surface area contributed by atoms with Gasteiger partial charge < -0.3 is 10.6 Å². The molecule has 7 heteroatoms. The molecule has 0 saturated heterocycles. The van der Waals surface area contributed by atoms with Crippen LogP contribution in [0.15, 0.2) is 42.2 Å². The zero-order valence-corrected chi connectivity index (χ0v) is 10.9. The van der Waals surface area contributed by atoms with E-state index in [1.54, 1.807) is 17.6 Å². The molecule has 0 saturated carbocycles. The van der Waals surface area contributed by atoms with Gasteiger partial charge in [-0.25, -0.2) is 14.2 Å². The molecule has 0 aromatic carbocycles. The number of urea groups is 1. The summed E-state index contributed by atoms with van der Waals surface area (Å²) in [6.07, 6.45) is 4.14. The zero-order chi connectivity index (χ0) is 13.9. The van der Waals surface area contributed by atoms with E-state index in [0.717, 1.165) is 16.4 Å². The van der Waals surface area contributed by atoms with Crippen LogP contribution in [-0.2, 0) is 0 Å². The molecular formula is C13H9FN4OS. The largest absolute Gasteiger partial charge is 0.323 e. The van der Waals surface area contributed by atoms with Crippen LogP contribution >= 0.6 is 11.3 Å². The minimum Gasteiger partial charge on any atom is -0.306 e. The highest BCUT2D eigenvalue weighted by atomic mass is 32.1. The summed E-state index contributed by atoms with van der Waals surface area (Å²) in [5.74, 6) is -0.506. The van der Waals surface area contributed by atoms with Crippen molar-refractivity contribution in [3.63, 3.8) is 0 Å². The Bertz CT molecular complexity index is 774. The maximum absolute atomic E-state index is 13.0. The Labute approximate surface area is 117 Å². The van der Waals surface area contributed by atoms with Crippen molar-refractivity contribution in [2.45, 2.75) is 0 Å². The Kier molecular flexibility index (Phi) is 3.26. The summed E-state index contributed by atoms with van der Waals surface area (Å²) >= 11 is 1.44. The Morgan fingerprint density at radius 1 is 1.30 bits per heavy atom. The average Bonchev–Trinajstić information content (AvgIpc) is 2.82. The molecule has 0 spiro atoms. The second-order valence-corrected chi connectivity index (χ2v) is 4.83. The van der Waals surface area contributed by atoms with Gasteiger partial charge in [0.05, 0.1) is 23.8 Å². The molecule has 3 rings (SSSR count). The van der Waals surface area contributed by atoms with Crippen LogP contribution in [0, 0.1) is 5.82 Å². The molecule has 0 bridgehead atoms. The molecule has 100 valence electrons. The van der Waals surface area contributed by atoms with Crippen LogP contribution in [0.4, 0.5) is 20.6 Å². The van der Waals surface area contributed by atoms with Gasteiger partial charge in [0.15, 0.2) is 0 Å². The van der Waals surface area contributed by atoms with Crippen molar-refractivity contribution in [2.24, 2.45) is 0 Å². The monoisotopic (exact) mass is 288 g/mol. The summed E-state index contributed by atoms with van der Waals surface area (Å²) in [6, 6.07) is 4.41. The lowest BCUT2D eigenvalue weighted by atomic mass is 10.3. The first-order valence-corrected chi connectivity index (χ1v) is 6.61. The molecular weight excluding hydrogens is 279 g/mol. The number of aromatic nitrogens is 2. The van der Waals surface area contributed by atoms with Gasteiger partial charge in [-0.15, -0.1) is 11.3 Å². The van der Waals surface area contributed by atoms with Crippen molar-refractivity contribution in [1.29, 1.82) is 0 Å². The summed E-state index contributed by atoms with van der Waals surface area (Å²) in [7, 11) is 0. The highest BCUT2D eigenvalue weighted by molar-refractivity contribution is 7.17. The third-order valence-corrected chi connectivity index (χ3v) is 3.46. The van der Waals surface area contributed by atoms with Gasteiger partial charge >= 0.3 is 6.03 Å². The van der Waals surface area contributed by atoms with E-state index in [1.807, 2.05) is 6.07 Å². The number of amides is 2. The van der Waals surface area contributed by atoms with Crippen LogP contribution in [0.2, 0.25) is 0 Å². The van der Waals surface area contributed by atoms with Crippen LogP contribution in [0.5, 0.6) is 0 Å². The molecule has 0 aliphatic carbocycles. The van der Waals surface area contributed by atoms with Gasteiger partial charge in [-0.2, -0.15) is 0 Å². The van der Waals surface area contributed by atoms with E-state index in [1.165, 1.54) is 23.6 Å². The zero-order valence-electron chi connectivity index (χ0n) is 10.1. The Morgan fingerprint density at radius 2 is 2.20 bits per heavy atom. The summed E-state index contributed by atoms with van der Waals surface area (Å²) in [5, 5.41) is 7.89. The van der Waals surface area contributed by atoms with E-state index in [9.17, 15) is 9.18 Å². The van der Waals surface area contributed by atoms with Gasteiger partial charge in [0.1, 0.15) is 10.6 Å². The Morgan fingerprint density at radius 3 is 3.05 bits per heavy atom. The van der Waals surface area contributed by atoms with Crippen LogP contribution in [0.3, 0.4) is 0 Å². The molecule has 3 heterocycles. The number of carbonyl (C=O) groups excluding carboxylic acids is 1. The molecule has 0 radical (unpaired) electrons. The lowest BCUT2D eigenvalue weighted by Crippen LogP contribution is -2.19. The molecule has 0 aliphatic rings. The molecule has 3 aromatic rings. The topological polar surface area (TPSA) is 66.9 Å². The predicted octanol–water partition coefficient (Wildman–Crippen LogP) is 3.47. The van der Waals surface area contributed by atoms with E-state index in [2.05, 4.69) is 20.6 Å².